The van der Waals surface area contributed by atoms with E-state index in [1.807, 2.05) is 0 Å². The molecule has 0 bridgehead atoms. The van der Waals surface area contributed by atoms with E-state index in [4.69, 9.17) is 9.47 Å². The van der Waals surface area contributed by atoms with Crippen molar-refractivity contribution in [1.29, 1.82) is 0 Å². The summed E-state index contributed by atoms with van der Waals surface area (Å²) < 4.78 is 80.3. The highest BCUT2D eigenvalue weighted by molar-refractivity contribution is 5.99. The first-order valence-corrected chi connectivity index (χ1v) is 11.9. The molecule has 0 radical (unpaired) electrons. The zero-order chi connectivity index (χ0) is 28.5. The van der Waals surface area contributed by atoms with E-state index in [2.05, 4.69) is 20.4 Å². The Morgan fingerprint density at radius 3 is 2.64 bits per heavy atom. The Bertz CT molecular complexity index is 1350. The van der Waals surface area contributed by atoms with Crippen molar-refractivity contribution in [1.82, 2.24) is 24.6 Å². The number of nitrogens with one attached hydrogen (secondary N) is 1. The molecule has 1 aliphatic heterocycles. The van der Waals surface area contributed by atoms with E-state index in [9.17, 15) is 26.7 Å². The zero-order valence-electron chi connectivity index (χ0n) is 21.6. The molecule has 1 amide bonds. The third kappa shape index (κ3) is 6.04. The van der Waals surface area contributed by atoms with Crippen LogP contribution in [0.3, 0.4) is 0 Å². The van der Waals surface area contributed by atoms with Crippen LogP contribution in [0.5, 0.6) is 11.6 Å². The molecular weight excluding hydrogens is 527 g/mol. The maximum absolute atomic E-state index is 14.7. The SMILES string of the molecule is COc1cccc(-c2cn(C)nc2C(=O)N2CC(F)(F)C[C@@H](C)[C@H]2CNc2ncc(C(F)(F)F)c(OC)n2)c1. The number of hydrogen-bond acceptors (Lipinski definition) is 7. The fraction of sp³-hybridized carbons (Fsp3) is 0.440. The van der Waals surface area contributed by atoms with Crippen LogP contribution in [-0.4, -0.2) is 69.8 Å². The Balaban J connectivity index is 1.64. The first kappa shape index (κ1) is 28.0. The predicted molar refractivity (Wildman–Crippen MR) is 131 cm³/mol. The second-order valence-electron chi connectivity index (χ2n) is 9.33. The number of likely N-dealkylation sites (tertiary alicyclic amines) is 1. The van der Waals surface area contributed by atoms with Gasteiger partial charge in [-0.15, -0.1) is 0 Å². The summed E-state index contributed by atoms with van der Waals surface area (Å²) in [7, 11) is 4.15. The van der Waals surface area contributed by atoms with Gasteiger partial charge in [-0.05, 0) is 23.6 Å². The maximum Gasteiger partial charge on any atom is 0.423 e. The number of aromatic nitrogens is 4. The number of ether oxygens (including phenoxy) is 2. The molecule has 4 rings (SSSR count). The first-order chi connectivity index (χ1) is 18.3. The number of nitrogens with zero attached hydrogens (tertiary/aromatic N) is 5. The number of hydrogen-bond donors (Lipinski definition) is 1. The molecule has 0 unspecified atom stereocenters. The molecule has 39 heavy (non-hydrogen) atoms. The Morgan fingerprint density at radius 1 is 1.23 bits per heavy atom. The summed E-state index contributed by atoms with van der Waals surface area (Å²) in [4.78, 5) is 22.2. The normalized spacial score (nSPS) is 19.1. The van der Waals surface area contributed by atoms with Gasteiger partial charge in [-0.3, -0.25) is 9.48 Å². The van der Waals surface area contributed by atoms with E-state index in [0.29, 0.717) is 23.1 Å². The molecule has 2 aromatic heterocycles. The van der Waals surface area contributed by atoms with Gasteiger partial charge in [0.1, 0.15) is 11.3 Å². The Morgan fingerprint density at radius 2 is 1.97 bits per heavy atom. The molecule has 1 saturated heterocycles. The van der Waals surface area contributed by atoms with Crippen LogP contribution < -0.4 is 14.8 Å². The van der Waals surface area contributed by atoms with Gasteiger partial charge in [-0.25, -0.2) is 13.8 Å². The number of benzene rings is 1. The number of piperidine rings is 1. The molecule has 9 nitrogen and oxygen atoms in total. The van der Waals surface area contributed by atoms with Crippen molar-refractivity contribution in [3.63, 3.8) is 0 Å². The van der Waals surface area contributed by atoms with Crippen LogP contribution >= 0.6 is 0 Å². The van der Waals surface area contributed by atoms with Crippen molar-refractivity contribution in [2.45, 2.75) is 31.5 Å². The smallest absolute Gasteiger partial charge is 0.423 e. The van der Waals surface area contributed by atoms with E-state index < -0.39 is 54.4 Å². The van der Waals surface area contributed by atoms with Gasteiger partial charge in [0.15, 0.2) is 5.69 Å². The van der Waals surface area contributed by atoms with Crippen molar-refractivity contribution in [3.05, 3.63) is 47.9 Å². The monoisotopic (exact) mass is 554 g/mol. The Kier molecular flexibility index (Phi) is 7.66. The van der Waals surface area contributed by atoms with Crippen LogP contribution in [0.15, 0.2) is 36.7 Å². The molecule has 1 N–H and O–H groups in total. The summed E-state index contributed by atoms with van der Waals surface area (Å²) in [6, 6.07) is 6.15. The van der Waals surface area contributed by atoms with Gasteiger partial charge >= 0.3 is 6.18 Å². The van der Waals surface area contributed by atoms with Crippen LogP contribution in [-0.2, 0) is 13.2 Å². The second-order valence-corrected chi connectivity index (χ2v) is 9.33. The minimum atomic E-state index is -4.72. The van der Waals surface area contributed by atoms with Crippen molar-refractivity contribution >= 4 is 11.9 Å². The van der Waals surface area contributed by atoms with Gasteiger partial charge in [0, 0.05) is 38.0 Å². The molecule has 1 aliphatic rings. The molecule has 14 heteroatoms. The van der Waals surface area contributed by atoms with Crippen molar-refractivity contribution in [3.8, 4) is 22.8 Å². The van der Waals surface area contributed by atoms with Gasteiger partial charge in [0.2, 0.25) is 11.8 Å². The zero-order valence-corrected chi connectivity index (χ0v) is 21.6. The summed E-state index contributed by atoms with van der Waals surface area (Å²) in [5, 5.41) is 7.05. The van der Waals surface area contributed by atoms with Crippen molar-refractivity contribution < 1.29 is 36.2 Å². The Hall–Kier alpha value is -3.97. The lowest BCUT2D eigenvalue weighted by atomic mass is 9.88. The fourth-order valence-electron chi connectivity index (χ4n) is 4.66. The van der Waals surface area contributed by atoms with Crippen molar-refractivity contribution in [2.24, 2.45) is 13.0 Å². The number of aryl methyl sites for hydroxylation is 1. The molecule has 3 heterocycles. The standard InChI is InChI=1S/C25H27F5N6O3/c1-14-9-24(26,27)13-36(19(14)11-32-23-31-10-18(25(28,29)30)21(33-23)39-4)22(37)20-17(12-35(2)34-20)15-6-5-7-16(8-15)38-3/h5-8,10,12,14,19H,9,11,13H2,1-4H3,(H,31,32,33)/t14-,19-/m1/s1. The van der Waals surface area contributed by atoms with Gasteiger partial charge < -0.3 is 19.7 Å². The molecule has 0 spiro atoms. The van der Waals surface area contributed by atoms with Crippen LogP contribution in [0.2, 0.25) is 0 Å². The Labute approximate surface area is 220 Å². The molecule has 0 saturated carbocycles. The highest BCUT2D eigenvalue weighted by Gasteiger charge is 2.47. The molecule has 1 aromatic carbocycles. The minimum absolute atomic E-state index is 0.0203. The van der Waals surface area contributed by atoms with Gasteiger partial charge in [0.25, 0.3) is 11.8 Å². The number of alkyl halides is 5. The summed E-state index contributed by atoms with van der Waals surface area (Å²) in [6.07, 6.45) is -3.02. The predicted octanol–water partition coefficient (Wildman–Crippen LogP) is 4.51. The van der Waals surface area contributed by atoms with E-state index in [-0.39, 0.29) is 18.2 Å². The third-order valence-electron chi connectivity index (χ3n) is 6.47. The topological polar surface area (TPSA) is 94.4 Å². The van der Waals surface area contributed by atoms with Gasteiger partial charge in [-0.1, -0.05) is 19.1 Å². The highest BCUT2D eigenvalue weighted by atomic mass is 19.4. The number of anilines is 1. The lowest BCUT2D eigenvalue weighted by molar-refractivity contribution is -0.139. The summed E-state index contributed by atoms with van der Waals surface area (Å²) in [6.45, 7) is 0.627. The van der Waals surface area contributed by atoms with E-state index in [1.54, 1.807) is 44.4 Å². The average Bonchev–Trinajstić information content (AvgIpc) is 3.27. The van der Waals surface area contributed by atoms with E-state index in [0.717, 1.165) is 12.0 Å². The minimum Gasteiger partial charge on any atom is -0.497 e. The van der Waals surface area contributed by atoms with Crippen molar-refractivity contribution in [2.75, 3.05) is 32.6 Å². The molecule has 210 valence electrons. The lowest BCUT2D eigenvalue weighted by Gasteiger charge is -2.43. The summed E-state index contributed by atoms with van der Waals surface area (Å²) in [5.41, 5.74) is -0.126. The average molecular weight is 555 g/mol. The summed E-state index contributed by atoms with van der Waals surface area (Å²) >= 11 is 0. The number of carbonyl (C=O) groups is 1. The number of carbonyl (C=O) groups excluding carboxylic acids is 1. The molecule has 2 atom stereocenters. The number of amides is 1. The fourth-order valence-corrected chi connectivity index (χ4v) is 4.66. The van der Waals surface area contributed by atoms with Crippen LogP contribution in [0.1, 0.15) is 29.4 Å². The quantitative estimate of drug-likeness (QED) is 0.430. The summed E-state index contributed by atoms with van der Waals surface area (Å²) in [5.74, 6) is -4.88. The number of methoxy groups -OCH3 is 2. The van der Waals surface area contributed by atoms with Crippen LogP contribution in [0.25, 0.3) is 11.1 Å². The first-order valence-electron chi connectivity index (χ1n) is 11.9. The number of halogens is 5. The third-order valence-corrected chi connectivity index (χ3v) is 6.47. The second kappa shape index (κ2) is 10.7. The van der Waals surface area contributed by atoms with Gasteiger partial charge in [0.05, 0.1) is 26.8 Å². The van der Waals surface area contributed by atoms with E-state index >= 15 is 0 Å². The highest BCUT2D eigenvalue weighted by Crippen LogP contribution is 2.37. The molecule has 1 fully saturated rings. The molecular formula is C25H27F5N6O3. The van der Waals surface area contributed by atoms with E-state index in [1.165, 1.54) is 11.8 Å². The van der Waals surface area contributed by atoms with Crippen LogP contribution in [0, 0.1) is 5.92 Å². The largest absolute Gasteiger partial charge is 0.497 e. The van der Waals surface area contributed by atoms with Crippen LogP contribution in [0.4, 0.5) is 27.9 Å². The molecule has 3 aromatic rings. The van der Waals surface area contributed by atoms with Gasteiger partial charge in [-0.2, -0.15) is 23.3 Å². The molecule has 0 aliphatic carbocycles. The number of rotatable bonds is 7. The lowest BCUT2D eigenvalue weighted by Crippen LogP contribution is -2.57. The maximum atomic E-state index is 14.7.